The number of carbonyl (C=O) groups excluding carboxylic acids is 1. The van der Waals surface area contributed by atoms with Crippen LogP contribution in [-0.4, -0.2) is 16.7 Å². The second kappa shape index (κ2) is 3.14. The minimum atomic E-state index is -0.720. The topological polar surface area (TPSA) is 84.7 Å². The molecule has 0 radical (unpaired) electrons. The first-order valence-corrected chi connectivity index (χ1v) is 2.09. The molecule has 0 aliphatic heterocycles. The van der Waals surface area contributed by atoms with Gasteiger partial charge in [-0.05, 0) is 0 Å². The van der Waals surface area contributed by atoms with Gasteiger partial charge in [-0.1, -0.05) is 12.8 Å². The number of nitrogens with zero attached hydrogens (tertiary/aromatic N) is 2. The summed E-state index contributed by atoms with van der Waals surface area (Å²) < 4.78 is 0.764. The zero-order valence-electron chi connectivity index (χ0n) is 3.98. The van der Waals surface area contributed by atoms with Crippen LogP contribution in [0.4, 0.5) is 4.79 Å². The van der Waals surface area contributed by atoms with Gasteiger partial charge in [-0.2, -0.15) is 5.10 Å². The Hall–Kier alpha value is -0.910. The summed E-state index contributed by atoms with van der Waals surface area (Å²) in [5.74, 6) is 4.64. The number of urea groups is 1. The van der Waals surface area contributed by atoms with Gasteiger partial charge in [-0.15, -0.1) is 0 Å². The molecule has 0 atom stereocenters. The van der Waals surface area contributed by atoms with Crippen molar-refractivity contribution in [3.8, 4) is 0 Å². The normalized spacial score (nSPS) is 9.62. The Balaban J connectivity index is 3.64. The molecule has 6 heteroatoms. The van der Waals surface area contributed by atoms with Crippen molar-refractivity contribution < 1.29 is 4.79 Å². The SMILES string of the molecule is NN=CN(S)C(N)=O. The van der Waals surface area contributed by atoms with Crippen LogP contribution in [0.25, 0.3) is 0 Å². The van der Waals surface area contributed by atoms with E-state index in [1.165, 1.54) is 0 Å². The van der Waals surface area contributed by atoms with Gasteiger partial charge in [0.25, 0.3) is 0 Å². The molecule has 2 amide bonds. The van der Waals surface area contributed by atoms with Crippen molar-refractivity contribution in [1.29, 1.82) is 0 Å². The van der Waals surface area contributed by atoms with E-state index in [0.717, 1.165) is 10.6 Å². The molecule has 0 unspecified atom stereocenters. The van der Waals surface area contributed by atoms with Crippen molar-refractivity contribution in [3.63, 3.8) is 0 Å². The summed E-state index contributed by atoms with van der Waals surface area (Å²) in [5.41, 5.74) is 4.69. The average Bonchev–Trinajstić information content (AvgIpc) is 1.67. The van der Waals surface area contributed by atoms with Crippen LogP contribution in [0, 0.1) is 0 Å². The van der Waals surface area contributed by atoms with Crippen molar-refractivity contribution in [1.82, 2.24) is 4.31 Å². The molecule has 0 fully saturated rings. The molecule has 0 aromatic heterocycles. The lowest BCUT2D eigenvalue weighted by atomic mass is 11.0. The van der Waals surface area contributed by atoms with Gasteiger partial charge in [-0.25, -0.2) is 9.10 Å². The van der Waals surface area contributed by atoms with E-state index < -0.39 is 6.03 Å². The van der Waals surface area contributed by atoms with Crippen molar-refractivity contribution >= 4 is 25.2 Å². The van der Waals surface area contributed by atoms with E-state index in [1.54, 1.807) is 0 Å². The highest BCUT2D eigenvalue weighted by molar-refractivity contribution is 7.78. The van der Waals surface area contributed by atoms with E-state index in [4.69, 9.17) is 0 Å². The highest BCUT2D eigenvalue weighted by Gasteiger charge is 1.96. The van der Waals surface area contributed by atoms with Crippen LogP contribution in [0.15, 0.2) is 5.10 Å². The molecular formula is C2H6N4OS. The number of hydrazone groups is 1. The molecule has 46 valence electrons. The minimum absolute atomic E-state index is 0.720. The molecule has 0 heterocycles. The molecule has 0 spiro atoms. The summed E-state index contributed by atoms with van der Waals surface area (Å²) in [4.78, 5) is 10.0. The third kappa shape index (κ3) is 2.30. The Morgan fingerprint density at radius 3 is 2.50 bits per heavy atom. The first-order valence-electron chi connectivity index (χ1n) is 1.69. The lowest BCUT2D eigenvalue weighted by Crippen LogP contribution is -2.26. The van der Waals surface area contributed by atoms with E-state index in [0.29, 0.717) is 0 Å². The van der Waals surface area contributed by atoms with Crippen LogP contribution in [0.2, 0.25) is 0 Å². The molecule has 0 rings (SSSR count). The molecule has 0 aromatic carbocycles. The molecule has 0 aromatic rings. The van der Waals surface area contributed by atoms with Gasteiger partial charge in [0.2, 0.25) is 0 Å². The zero-order chi connectivity index (χ0) is 6.57. The average molecular weight is 134 g/mol. The van der Waals surface area contributed by atoms with Gasteiger partial charge in [0, 0.05) is 0 Å². The van der Waals surface area contributed by atoms with E-state index in [1.807, 2.05) is 0 Å². The maximum atomic E-state index is 10.0. The fourth-order valence-electron chi connectivity index (χ4n) is 0.120. The third-order valence-corrected chi connectivity index (χ3v) is 0.702. The number of hydrogen-bond donors (Lipinski definition) is 3. The van der Waals surface area contributed by atoms with Gasteiger partial charge in [-0.3, -0.25) is 0 Å². The first kappa shape index (κ1) is 7.09. The standard InChI is InChI=1S/C2H6N4OS/c3-2(7)6(8)1-5-4/h1,8H,4H2,(H2,3,7). The first-order chi connectivity index (χ1) is 3.68. The van der Waals surface area contributed by atoms with Crippen LogP contribution < -0.4 is 11.6 Å². The predicted octanol–water partition coefficient (Wildman–Crippen LogP) is -0.886. The van der Waals surface area contributed by atoms with Crippen LogP contribution in [-0.2, 0) is 0 Å². The number of nitrogens with two attached hydrogens (primary N) is 2. The number of thiol groups is 1. The fraction of sp³-hybridized carbons (Fsp3) is 0. The maximum absolute atomic E-state index is 10.0. The lowest BCUT2D eigenvalue weighted by Gasteiger charge is -2.01. The van der Waals surface area contributed by atoms with Crippen molar-refractivity contribution in [3.05, 3.63) is 0 Å². The smallest absolute Gasteiger partial charge is 0.330 e. The molecule has 0 saturated carbocycles. The van der Waals surface area contributed by atoms with Gasteiger partial charge in [0.15, 0.2) is 0 Å². The Bertz CT molecular complexity index is 113. The summed E-state index contributed by atoms with van der Waals surface area (Å²) in [7, 11) is 0. The Labute approximate surface area is 51.9 Å². The monoisotopic (exact) mass is 134 g/mol. The Morgan fingerprint density at radius 2 is 2.38 bits per heavy atom. The predicted molar refractivity (Wildman–Crippen MR) is 33.1 cm³/mol. The minimum Gasteiger partial charge on any atom is -0.350 e. The van der Waals surface area contributed by atoms with Crippen molar-refractivity contribution in [2.24, 2.45) is 16.7 Å². The summed E-state index contributed by atoms with van der Waals surface area (Å²) in [6.45, 7) is 0. The Kier molecular flexibility index (Phi) is 2.78. The molecule has 5 nitrogen and oxygen atoms in total. The van der Waals surface area contributed by atoms with Crippen LogP contribution >= 0.6 is 12.8 Å². The van der Waals surface area contributed by atoms with Gasteiger partial charge in [0.05, 0.1) is 0 Å². The van der Waals surface area contributed by atoms with Gasteiger partial charge in [0.1, 0.15) is 6.34 Å². The van der Waals surface area contributed by atoms with Gasteiger partial charge >= 0.3 is 6.03 Å². The molecule has 0 bridgehead atoms. The number of primary amides is 1. The molecular weight excluding hydrogens is 128 g/mol. The molecule has 0 aliphatic rings. The van der Waals surface area contributed by atoms with Crippen LogP contribution in [0.3, 0.4) is 0 Å². The highest BCUT2D eigenvalue weighted by atomic mass is 32.1. The number of amides is 2. The highest BCUT2D eigenvalue weighted by Crippen LogP contribution is 1.83. The largest absolute Gasteiger partial charge is 0.350 e. The third-order valence-electron chi connectivity index (χ3n) is 0.402. The van der Waals surface area contributed by atoms with Crippen LogP contribution in [0.5, 0.6) is 0 Å². The lowest BCUT2D eigenvalue weighted by molar-refractivity contribution is 0.245. The molecule has 4 N–H and O–H groups in total. The van der Waals surface area contributed by atoms with E-state index in [9.17, 15) is 4.79 Å². The van der Waals surface area contributed by atoms with E-state index in [-0.39, 0.29) is 0 Å². The second-order valence-electron chi connectivity index (χ2n) is 0.947. The van der Waals surface area contributed by atoms with Gasteiger partial charge < -0.3 is 11.6 Å². The van der Waals surface area contributed by atoms with Crippen molar-refractivity contribution in [2.45, 2.75) is 0 Å². The maximum Gasteiger partial charge on any atom is 0.330 e. The van der Waals surface area contributed by atoms with Crippen molar-refractivity contribution in [2.75, 3.05) is 0 Å². The molecule has 0 saturated heterocycles. The quantitative estimate of drug-likeness (QED) is 0.143. The molecule has 8 heavy (non-hydrogen) atoms. The molecule has 0 aliphatic carbocycles. The summed E-state index contributed by atoms with van der Waals surface area (Å²) >= 11 is 3.53. The summed E-state index contributed by atoms with van der Waals surface area (Å²) in [5, 5.41) is 2.98. The van der Waals surface area contributed by atoms with E-state index in [2.05, 4.69) is 29.5 Å². The number of hydrogen-bond acceptors (Lipinski definition) is 4. The van der Waals surface area contributed by atoms with Crippen LogP contribution in [0.1, 0.15) is 0 Å². The summed E-state index contributed by atoms with van der Waals surface area (Å²) in [6, 6.07) is -0.720. The number of carbonyl (C=O) groups is 1. The van der Waals surface area contributed by atoms with E-state index >= 15 is 0 Å². The number of rotatable bonds is 1. The zero-order valence-corrected chi connectivity index (χ0v) is 4.88. The summed E-state index contributed by atoms with van der Waals surface area (Å²) in [6.07, 6.45) is 0.992. The second-order valence-corrected chi connectivity index (χ2v) is 1.38. The fourth-order valence-corrected chi connectivity index (χ4v) is 0.180. The Morgan fingerprint density at radius 1 is 1.88 bits per heavy atom.